The predicted octanol–water partition coefficient (Wildman–Crippen LogP) is 5.16. The van der Waals surface area contributed by atoms with E-state index in [0.717, 1.165) is 24.1 Å². The zero-order chi connectivity index (χ0) is 24.3. The largest absolute Gasteiger partial charge is 0.416 e. The zero-order valence-electron chi connectivity index (χ0n) is 19.3. The van der Waals surface area contributed by atoms with Crippen LogP contribution in [0.3, 0.4) is 0 Å². The summed E-state index contributed by atoms with van der Waals surface area (Å²) in [7, 11) is 0. The second-order valence-electron chi connectivity index (χ2n) is 9.25. The molecule has 2 aromatic carbocycles. The number of rotatable bonds is 8. The second-order valence-corrected chi connectivity index (χ2v) is 9.25. The summed E-state index contributed by atoms with van der Waals surface area (Å²) in [6.45, 7) is 5.91. The number of hydrogen-bond acceptors (Lipinski definition) is 3. The molecule has 1 saturated heterocycles. The summed E-state index contributed by atoms with van der Waals surface area (Å²) < 4.78 is 46.0. The van der Waals surface area contributed by atoms with Gasteiger partial charge in [0, 0.05) is 29.7 Å². The molecular weight excluding hydrogens is 433 g/mol. The Hall–Kier alpha value is -2.45. The van der Waals surface area contributed by atoms with Crippen molar-refractivity contribution in [3.05, 3.63) is 80.9 Å². The third kappa shape index (κ3) is 5.55. The van der Waals surface area contributed by atoms with Crippen LogP contribution in [0.5, 0.6) is 0 Å². The molecule has 1 heterocycles. The first-order chi connectivity index (χ1) is 15.5. The van der Waals surface area contributed by atoms with Crippen LogP contribution in [0, 0.1) is 17.0 Å². The lowest BCUT2D eigenvalue weighted by atomic mass is 9.75. The van der Waals surface area contributed by atoms with Gasteiger partial charge in [-0.15, -0.1) is 0 Å². The van der Waals surface area contributed by atoms with Crippen LogP contribution in [-0.2, 0) is 16.5 Å². The standard InChI is InChI=1S/C25H31F3N2O3/c1-4-10-23(30(31)32)11-12-24(29-16-23,21-8-6-5-7-9-21)17-33-19(3)20-13-18(2)14-22(15-20)25(26,27)28/h5-9,13-15,19,29H,4,10-12,16-17H2,1-3H3/p+1/t19-,23+,24-/m1/s1. The highest BCUT2D eigenvalue weighted by Crippen LogP contribution is 2.36. The van der Waals surface area contributed by atoms with Crippen molar-refractivity contribution in [1.82, 2.24) is 0 Å². The Kier molecular flexibility index (Phi) is 7.49. The van der Waals surface area contributed by atoms with E-state index in [2.05, 4.69) is 0 Å². The molecule has 8 heteroatoms. The van der Waals surface area contributed by atoms with Crippen LogP contribution in [-0.4, -0.2) is 23.6 Å². The molecule has 1 aliphatic rings. The van der Waals surface area contributed by atoms with Crippen LogP contribution in [0.25, 0.3) is 0 Å². The molecule has 0 bridgehead atoms. The molecule has 2 aromatic rings. The predicted molar refractivity (Wildman–Crippen MR) is 119 cm³/mol. The van der Waals surface area contributed by atoms with Crippen molar-refractivity contribution in [3.8, 4) is 0 Å². The van der Waals surface area contributed by atoms with Gasteiger partial charge in [-0.05, 0) is 38.0 Å². The van der Waals surface area contributed by atoms with Crippen LogP contribution in [0.15, 0.2) is 48.5 Å². The number of nitrogens with zero attached hydrogens (tertiary/aromatic N) is 1. The molecular formula is C25H32F3N2O3+. The lowest BCUT2D eigenvalue weighted by Gasteiger charge is -2.40. The molecule has 33 heavy (non-hydrogen) atoms. The van der Waals surface area contributed by atoms with Gasteiger partial charge >= 0.3 is 6.18 Å². The Morgan fingerprint density at radius 3 is 2.42 bits per heavy atom. The summed E-state index contributed by atoms with van der Waals surface area (Å²) in [5.41, 5.74) is -0.188. The normalized spacial score (nSPS) is 24.4. The monoisotopic (exact) mass is 465 g/mol. The van der Waals surface area contributed by atoms with E-state index in [1.807, 2.05) is 42.6 Å². The number of hydrogen-bond donors (Lipinski definition) is 1. The fraction of sp³-hybridized carbons (Fsp3) is 0.520. The van der Waals surface area contributed by atoms with E-state index >= 15 is 0 Å². The van der Waals surface area contributed by atoms with Gasteiger partial charge in [0.15, 0.2) is 0 Å². The first kappa shape index (κ1) is 25.2. The van der Waals surface area contributed by atoms with Gasteiger partial charge in [-0.25, -0.2) is 0 Å². The molecule has 3 atom stereocenters. The van der Waals surface area contributed by atoms with Gasteiger partial charge in [0.1, 0.15) is 18.7 Å². The quantitative estimate of drug-likeness (QED) is 0.433. The van der Waals surface area contributed by atoms with E-state index in [-0.39, 0.29) is 11.5 Å². The number of ether oxygens (including phenoxy) is 1. The molecule has 5 nitrogen and oxygen atoms in total. The fourth-order valence-electron chi connectivity index (χ4n) is 4.82. The summed E-state index contributed by atoms with van der Waals surface area (Å²) in [6, 6.07) is 13.7. The molecule has 3 rings (SSSR count). The Balaban J connectivity index is 1.84. The van der Waals surface area contributed by atoms with Crippen molar-refractivity contribution >= 4 is 0 Å². The highest BCUT2D eigenvalue weighted by atomic mass is 19.4. The van der Waals surface area contributed by atoms with Gasteiger partial charge in [0.2, 0.25) is 0 Å². The number of quaternary nitrogens is 1. The van der Waals surface area contributed by atoms with Crippen LogP contribution in [0.4, 0.5) is 13.2 Å². The first-order valence-electron chi connectivity index (χ1n) is 11.4. The van der Waals surface area contributed by atoms with E-state index in [4.69, 9.17) is 4.74 Å². The number of alkyl halides is 3. The number of piperidine rings is 1. The summed E-state index contributed by atoms with van der Waals surface area (Å²) in [5, 5.41) is 13.9. The van der Waals surface area contributed by atoms with Crippen molar-refractivity contribution in [3.63, 3.8) is 0 Å². The minimum Gasteiger partial charge on any atom is -0.367 e. The molecule has 0 spiro atoms. The third-order valence-corrected chi connectivity index (χ3v) is 6.85. The SMILES string of the molecule is CCC[C@]1([N+](=O)[O-])CC[C@@](CO[C@H](C)c2cc(C)cc(C(F)(F)F)c2)(c2ccccc2)[NH2+]C1. The number of benzene rings is 2. The number of aryl methyl sites for hydroxylation is 1. The fourth-order valence-corrected chi connectivity index (χ4v) is 4.82. The van der Waals surface area contributed by atoms with Crippen LogP contribution >= 0.6 is 0 Å². The van der Waals surface area contributed by atoms with Crippen molar-refractivity contribution in [2.24, 2.45) is 0 Å². The summed E-state index contributed by atoms with van der Waals surface area (Å²) in [6.07, 6.45) is -2.75. The molecule has 180 valence electrons. The minimum absolute atomic E-state index is 0.142. The topological polar surface area (TPSA) is 69.0 Å². The number of nitrogens with two attached hydrogens (primary N) is 1. The third-order valence-electron chi connectivity index (χ3n) is 6.85. The van der Waals surface area contributed by atoms with Crippen LogP contribution in [0.2, 0.25) is 0 Å². The molecule has 0 amide bonds. The zero-order valence-corrected chi connectivity index (χ0v) is 19.3. The minimum atomic E-state index is -4.42. The van der Waals surface area contributed by atoms with Gasteiger partial charge < -0.3 is 10.1 Å². The van der Waals surface area contributed by atoms with E-state index in [0.29, 0.717) is 36.9 Å². The summed E-state index contributed by atoms with van der Waals surface area (Å²) >= 11 is 0. The molecule has 1 aliphatic heterocycles. The maximum atomic E-state index is 13.3. The van der Waals surface area contributed by atoms with Crippen LogP contribution in [0.1, 0.15) is 67.9 Å². The highest BCUT2D eigenvalue weighted by molar-refractivity contribution is 5.32. The van der Waals surface area contributed by atoms with E-state index in [9.17, 15) is 23.3 Å². The average molecular weight is 466 g/mol. The molecule has 2 N–H and O–H groups in total. The maximum Gasteiger partial charge on any atom is 0.416 e. The maximum absolute atomic E-state index is 13.3. The molecule has 0 saturated carbocycles. The van der Waals surface area contributed by atoms with E-state index in [1.54, 1.807) is 19.9 Å². The van der Waals surface area contributed by atoms with E-state index < -0.39 is 28.9 Å². The molecule has 0 aliphatic carbocycles. The lowest BCUT2D eigenvalue weighted by Crippen LogP contribution is -3.01. The van der Waals surface area contributed by atoms with Crippen LogP contribution < -0.4 is 5.32 Å². The van der Waals surface area contributed by atoms with Crippen molar-refractivity contribution in [2.75, 3.05) is 13.2 Å². The molecule has 0 radical (unpaired) electrons. The Morgan fingerprint density at radius 1 is 1.18 bits per heavy atom. The Morgan fingerprint density at radius 2 is 1.88 bits per heavy atom. The van der Waals surface area contributed by atoms with Crippen molar-refractivity contribution in [2.45, 2.75) is 69.8 Å². The van der Waals surface area contributed by atoms with Gasteiger partial charge in [-0.2, -0.15) is 13.2 Å². The van der Waals surface area contributed by atoms with Crippen molar-refractivity contribution in [1.29, 1.82) is 0 Å². The van der Waals surface area contributed by atoms with Gasteiger partial charge in [-0.3, -0.25) is 10.1 Å². The Bertz CT molecular complexity index is 955. The van der Waals surface area contributed by atoms with Gasteiger partial charge in [0.05, 0.1) is 11.7 Å². The molecule has 0 aromatic heterocycles. The molecule has 1 fully saturated rings. The van der Waals surface area contributed by atoms with Gasteiger partial charge in [-0.1, -0.05) is 48.9 Å². The van der Waals surface area contributed by atoms with E-state index in [1.165, 1.54) is 0 Å². The number of halogens is 3. The lowest BCUT2D eigenvalue weighted by molar-refractivity contribution is -0.788. The average Bonchev–Trinajstić information content (AvgIpc) is 2.78. The second kappa shape index (κ2) is 9.81. The first-order valence-corrected chi connectivity index (χ1v) is 11.4. The smallest absolute Gasteiger partial charge is 0.367 e. The summed E-state index contributed by atoms with van der Waals surface area (Å²) in [5.74, 6) is 0. The Labute approximate surface area is 192 Å². The highest BCUT2D eigenvalue weighted by Gasteiger charge is 2.54. The van der Waals surface area contributed by atoms with Crippen molar-refractivity contribution < 1.29 is 28.1 Å². The number of nitro groups is 1. The van der Waals surface area contributed by atoms with Gasteiger partial charge in [0.25, 0.3) is 5.54 Å². The summed E-state index contributed by atoms with van der Waals surface area (Å²) in [4.78, 5) is 11.7. The molecule has 0 unspecified atom stereocenters.